The van der Waals surface area contributed by atoms with Gasteiger partial charge < -0.3 is 19.4 Å². The van der Waals surface area contributed by atoms with Gasteiger partial charge in [0.25, 0.3) is 0 Å². The minimum atomic E-state index is -0.548. The highest BCUT2D eigenvalue weighted by atomic mass is 16.5. The number of ether oxygens (including phenoxy) is 2. The highest BCUT2D eigenvalue weighted by Gasteiger charge is 2.19. The van der Waals surface area contributed by atoms with Crippen molar-refractivity contribution in [2.24, 2.45) is 5.92 Å². The van der Waals surface area contributed by atoms with E-state index in [9.17, 15) is 4.79 Å². The van der Waals surface area contributed by atoms with Crippen molar-refractivity contribution in [3.05, 3.63) is 72.6 Å². The average Bonchev–Trinajstić information content (AvgIpc) is 3.35. The number of carbonyl (C=O) groups is 1. The fourth-order valence-corrected chi connectivity index (χ4v) is 4.10. The number of nitrogens with zero attached hydrogens (tertiary/aromatic N) is 4. The van der Waals surface area contributed by atoms with E-state index in [4.69, 9.17) is 4.74 Å². The summed E-state index contributed by atoms with van der Waals surface area (Å²) in [6, 6.07) is 11.7. The predicted molar refractivity (Wildman–Crippen MR) is 129 cm³/mol. The molecule has 1 atom stereocenters. The fraction of sp³-hybridized carbons (Fsp3) is 0.280. The number of hydrogen-bond acceptors (Lipinski definition) is 7. The number of amides is 1. The van der Waals surface area contributed by atoms with Crippen LogP contribution >= 0.6 is 0 Å². The molecule has 0 radical (unpaired) electrons. The molecule has 0 saturated carbocycles. The minimum absolute atomic E-state index is 0.462. The number of hydrogen-bond donors (Lipinski definition) is 2. The van der Waals surface area contributed by atoms with Gasteiger partial charge in [0.15, 0.2) is 0 Å². The minimum Gasteiger partial charge on any atom is -0.477 e. The number of aryl methyl sites for hydroxylation is 1. The molecule has 0 saturated heterocycles. The number of rotatable bonds is 7. The SMILES string of the molecule is COC(=O)Nc1nccc2cc(NCc3ccc(OCC4CCn5ccnc5C4)nc3)ccc12. The van der Waals surface area contributed by atoms with E-state index in [0.717, 1.165) is 47.2 Å². The summed E-state index contributed by atoms with van der Waals surface area (Å²) < 4.78 is 12.8. The lowest BCUT2D eigenvalue weighted by Crippen LogP contribution is -2.24. The molecule has 2 N–H and O–H groups in total. The predicted octanol–water partition coefficient (Wildman–Crippen LogP) is 4.26. The van der Waals surface area contributed by atoms with Crippen LogP contribution in [0.2, 0.25) is 0 Å². The normalized spacial score (nSPS) is 14.9. The third-order valence-corrected chi connectivity index (χ3v) is 5.98. The lowest BCUT2D eigenvalue weighted by Gasteiger charge is -2.23. The zero-order chi connectivity index (χ0) is 23.3. The van der Waals surface area contributed by atoms with E-state index in [-0.39, 0.29) is 0 Å². The zero-order valence-corrected chi connectivity index (χ0v) is 18.9. The van der Waals surface area contributed by atoms with Gasteiger partial charge in [-0.1, -0.05) is 6.07 Å². The molecule has 1 aliphatic heterocycles. The molecule has 9 nitrogen and oxygen atoms in total. The second-order valence-corrected chi connectivity index (χ2v) is 8.28. The van der Waals surface area contributed by atoms with E-state index in [1.165, 1.54) is 7.11 Å². The van der Waals surface area contributed by atoms with E-state index < -0.39 is 6.09 Å². The van der Waals surface area contributed by atoms with Crippen LogP contribution in [0.3, 0.4) is 0 Å². The summed E-state index contributed by atoms with van der Waals surface area (Å²) in [7, 11) is 1.32. The van der Waals surface area contributed by atoms with Crippen molar-refractivity contribution in [3.8, 4) is 5.88 Å². The van der Waals surface area contributed by atoms with E-state index >= 15 is 0 Å². The number of fused-ring (bicyclic) bond motifs is 2. The van der Waals surface area contributed by atoms with Gasteiger partial charge in [-0.05, 0) is 41.6 Å². The lowest BCUT2D eigenvalue weighted by atomic mass is 9.99. The summed E-state index contributed by atoms with van der Waals surface area (Å²) in [5.41, 5.74) is 2.01. The van der Waals surface area contributed by atoms with Gasteiger partial charge in [-0.15, -0.1) is 0 Å². The Morgan fingerprint density at radius 2 is 2.09 bits per heavy atom. The second-order valence-electron chi connectivity index (χ2n) is 8.28. The first-order chi connectivity index (χ1) is 16.7. The molecule has 1 aromatic carbocycles. The van der Waals surface area contributed by atoms with E-state index in [0.29, 0.717) is 30.8 Å². The topological polar surface area (TPSA) is 103 Å². The molecule has 0 spiro atoms. The Hall–Kier alpha value is -4.14. The number of pyridine rings is 2. The monoisotopic (exact) mass is 458 g/mol. The molecule has 0 aliphatic carbocycles. The first-order valence-electron chi connectivity index (χ1n) is 11.2. The molecular formula is C25H26N6O3. The fourth-order valence-electron chi connectivity index (χ4n) is 4.10. The molecule has 1 unspecified atom stereocenters. The molecule has 174 valence electrons. The van der Waals surface area contributed by atoms with Crippen molar-refractivity contribution < 1.29 is 14.3 Å². The summed E-state index contributed by atoms with van der Waals surface area (Å²) in [5.74, 6) is 2.70. The van der Waals surface area contributed by atoms with Crippen molar-refractivity contribution in [3.63, 3.8) is 0 Å². The maximum absolute atomic E-state index is 11.5. The number of methoxy groups -OCH3 is 1. The van der Waals surface area contributed by atoms with E-state index in [1.807, 2.05) is 55.0 Å². The Bertz CT molecular complexity index is 1290. The maximum atomic E-state index is 11.5. The summed E-state index contributed by atoms with van der Waals surface area (Å²) in [5, 5.41) is 7.84. The Morgan fingerprint density at radius 3 is 2.94 bits per heavy atom. The number of carbonyl (C=O) groups excluding carboxylic acids is 1. The molecule has 0 fully saturated rings. The molecular weight excluding hydrogens is 432 g/mol. The third kappa shape index (κ3) is 4.93. The Morgan fingerprint density at radius 1 is 1.15 bits per heavy atom. The van der Waals surface area contributed by atoms with Crippen molar-refractivity contribution in [2.75, 3.05) is 24.4 Å². The van der Waals surface area contributed by atoms with Crippen LogP contribution < -0.4 is 15.4 Å². The molecule has 1 amide bonds. The van der Waals surface area contributed by atoms with Gasteiger partial charge in [0.05, 0.1) is 13.7 Å². The summed E-state index contributed by atoms with van der Waals surface area (Å²) in [6.45, 7) is 2.27. The average molecular weight is 459 g/mol. The van der Waals surface area contributed by atoms with Crippen molar-refractivity contribution in [1.29, 1.82) is 0 Å². The first-order valence-corrected chi connectivity index (χ1v) is 11.2. The largest absolute Gasteiger partial charge is 0.477 e. The third-order valence-electron chi connectivity index (χ3n) is 5.98. The summed E-state index contributed by atoms with van der Waals surface area (Å²) in [4.78, 5) is 24.6. The molecule has 3 aromatic heterocycles. The Balaban J connectivity index is 1.15. The number of benzene rings is 1. The molecule has 4 aromatic rings. The van der Waals surface area contributed by atoms with Crippen LogP contribution in [0.15, 0.2) is 61.2 Å². The quantitative estimate of drug-likeness (QED) is 0.427. The van der Waals surface area contributed by atoms with Crippen molar-refractivity contribution in [1.82, 2.24) is 19.5 Å². The lowest BCUT2D eigenvalue weighted by molar-refractivity contribution is 0.187. The van der Waals surface area contributed by atoms with Gasteiger partial charge in [0, 0.05) is 67.4 Å². The zero-order valence-electron chi connectivity index (χ0n) is 18.9. The molecule has 9 heteroatoms. The van der Waals surface area contributed by atoms with Crippen LogP contribution in [0.5, 0.6) is 5.88 Å². The second kappa shape index (κ2) is 9.78. The molecule has 34 heavy (non-hydrogen) atoms. The standard InChI is InChI=1S/C25H26N6O3/c1-33-25(32)30-24-21-4-3-20(13-19(21)6-8-27-24)28-14-18-2-5-23(29-15-18)34-16-17-7-10-31-11-9-26-22(31)12-17/h2-6,8-9,11,13,15,17,28H,7,10,12,14,16H2,1H3,(H,27,30,32). The highest BCUT2D eigenvalue weighted by molar-refractivity contribution is 5.99. The highest BCUT2D eigenvalue weighted by Crippen LogP contribution is 2.25. The smallest absolute Gasteiger partial charge is 0.412 e. The number of aromatic nitrogens is 4. The van der Waals surface area contributed by atoms with Crippen LogP contribution in [0, 0.1) is 5.92 Å². The van der Waals surface area contributed by atoms with Crippen LogP contribution in [0.25, 0.3) is 10.8 Å². The Labute approximate surface area is 197 Å². The van der Waals surface area contributed by atoms with Gasteiger partial charge in [-0.25, -0.2) is 19.7 Å². The molecule has 0 bridgehead atoms. The van der Waals surface area contributed by atoms with E-state index in [2.05, 4.69) is 34.9 Å². The number of imidazole rings is 1. The van der Waals surface area contributed by atoms with Crippen LogP contribution in [-0.4, -0.2) is 39.3 Å². The van der Waals surface area contributed by atoms with Crippen LogP contribution in [-0.2, 0) is 24.2 Å². The number of anilines is 2. The van der Waals surface area contributed by atoms with Gasteiger partial charge in [-0.2, -0.15) is 0 Å². The van der Waals surface area contributed by atoms with Crippen LogP contribution in [0.4, 0.5) is 16.3 Å². The Kier molecular flexibility index (Phi) is 6.24. The number of nitrogens with one attached hydrogen (secondary N) is 2. The van der Waals surface area contributed by atoms with Gasteiger partial charge in [0.2, 0.25) is 5.88 Å². The molecule has 5 rings (SSSR count). The summed E-state index contributed by atoms with van der Waals surface area (Å²) in [6.07, 6.45) is 8.87. The molecule has 1 aliphatic rings. The van der Waals surface area contributed by atoms with Crippen molar-refractivity contribution >= 4 is 28.4 Å². The van der Waals surface area contributed by atoms with E-state index in [1.54, 1.807) is 6.20 Å². The van der Waals surface area contributed by atoms with Crippen LogP contribution in [0.1, 0.15) is 17.8 Å². The van der Waals surface area contributed by atoms with Gasteiger partial charge >= 0.3 is 6.09 Å². The molecule has 4 heterocycles. The summed E-state index contributed by atoms with van der Waals surface area (Å²) >= 11 is 0. The maximum Gasteiger partial charge on any atom is 0.412 e. The van der Waals surface area contributed by atoms with Gasteiger partial charge in [-0.3, -0.25) is 5.32 Å². The first kappa shape index (κ1) is 21.7. The van der Waals surface area contributed by atoms with Crippen molar-refractivity contribution in [2.45, 2.75) is 25.9 Å². The van der Waals surface area contributed by atoms with Gasteiger partial charge in [0.1, 0.15) is 11.6 Å².